The second-order valence-electron chi connectivity index (χ2n) is 3.07. The van der Waals surface area contributed by atoms with Crippen LogP contribution in [0.2, 0.25) is 0 Å². The van der Waals surface area contributed by atoms with Crippen LogP contribution in [0.15, 0.2) is 24.3 Å². The first-order valence-electron chi connectivity index (χ1n) is 4.76. The van der Waals surface area contributed by atoms with E-state index in [-0.39, 0.29) is 0 Å². The standard InChI is InChI=1S/C11H16INO/c1-14-11-5-3-10(4-6-11)9-13-8-2-7-12/h3-6,13H,2,7-9H2,1H3. The fourth-order valence-corrected chi connectivity index (χ4v) is 1.55. The van der Waals surface area contributed by atoms with E-state index in [4.69, 9.17) is 4.74 Å². The van der Waals surface area contributed by atoms with E-state index in [0.29, 0.717) is 0 Å². The van der Waals surface area contributed by atoms with Crippen LogP contribution in [0, 0.1) is 0 Å². The Morgan fingerprint density at radius 2 is 2.00 bits per heavy atom. The minimum absolute atomic E-state index is 0.918. The van der Waals surface area contributed by atoms with Gasteiger partial charge in [-0.15, -0.1) is 0 Å². The predicted octanol–water partition coefficient (Wildman–Crippen LogP) is 2.61. The number of hydrogen-bond acceptors (Lipinski definition) is 2. The summed E-state index contributed by atoms with van der Waals surface area (Å²) in [4.78, 5) is 0. The van der Waals surface area contributed by atoms with Gasteiger partial charge in [0.05, 0.1) is 7.11 Å². The third-order valence-electron chi connectivity index (χ3n) is 1.98. The first-order chi connectivity index (χ1) is 6.86. The second-order valence-corrected chi connectivity index (χ2v) is 4.15. The Labute approximate surface area is 99.2 Å². The molecule has 0 aliphatic heterocycles. The number of ether oxygens (including phenoxy) is 1. The van der Waals surface area contributed by atoms with E-state index < -0.39 is 0 Å². The zero-order chi connectivity index (χ0) is 10.2. The van der Waals surface area contributed by atoms with Gasteiger partial charge in [0.25, 0.3) is 0 Å². The average molecular weight is 305 g/mol. The molecule has 0 heterocycles. The number of methoxy groups -OCH3 is 1. The Morgan fingerprint density at radius 1 is 1.29 bits per heavy atom. The largest absolute Gasteiger partial charge is 0.497 e. The van der Waals surface area contributed by atoms with Gasteiger partial charge in [0.15, 0.2) is 0 Å². The summed E-state index contributed by atoms with van der Waals surface area (Å²) in [6, 6.07) is 8.18. The normalized spacial score (nSPS) is 10.1. The Morgan fingerprint density at radius 3 is 2.57 bits per heavy atom. The topological polar surface area (TPSA) is 21.3 Å². The Balaban J connectivity index is 2.29. The van der Waals surface area contributed by atoms with Crippen LogP contribution >= 0.6 is 22.6 Å². The minimum Gasteiger partial charge on any atom is -0.497 e. The van der Waals surface area contributed by atoms with Gasteiger partial charge in [-0.1, -0.05) is 34.7 Å². The molecule has 0 aliphatic carbocycles. The molecule has 0 fully saturated rings. The van der Waals surface area contributed by atoms with Crippen molar-refractivity contribution in [3.63, 3.8) is 0 Å². The third kappa shape index (κ3) is 4.28. The fourth-order valence-electron chi connectivity index (χ4n) is 1.17. The lowest BCUT2D eigenvalue weighted by atomic mass is 10.2. The lowest BCUT2D eigenvalue weighted by Crippen LogP contribution is -2.14. The predicted molar refractivity (Wildman–Crippen MR) is 68.2 cm³/mol. The quantitative estimate of drug-likeness (QED) is 0.495. The van der Waals surface area contributed by atoms with Crippen molar-refractivity contribution in [1.82, 2.24) is 5.32 Å². The van der Waals surface area contributed by atoms with Crippen molar-refractivity contribution in [3.8, 4) is 5.75 Å². The fraction of sp³-hybridized carbons (Fsp3) is 0.455. The van der Waals surface area contributed by atoms with Gasteiger partial charge in [-0.05, 0) is 30.7 Å². The summed E-state index contributed by atoms with van der Waals surface area (Å²) in [5.74, 6) is 0.918. The minimum atomic E-state index is 0.918. The number of hydrogen-bond donors (Lipinski definition) is 1. The van der Waals surface area contributed by atoms with Crippen LogP contribution in [0.25, 0.3) is 0 Å². The molecular formula is C11H16INO. The van der Waals surface area contributed by atoms with Crippen molar-refractivity contribution in [3.05, 3.63) is 29.8 Å². The van der Waals surface area contributed by atoms with Crippen LogP contribution in [0.4, 0.5) is 0 Å². The molecule has 0 saturated carbocycles. The Bertz CT molecular complexity index is 248. The summed E-state index contributed by atoms with van der Waals surface area (Å²) in [5.41, 5.74) is 1.30. The first kappa shape index (κ1) is 11.8. The number of benzene rings is 1. The lowest BCUT2D eigenvalue weighted by molar-refractivity contribution is 0.414. The molecule has 78 valence electrons. The van der Waals surface area contributed by atoms with Crippen molar-refractivity contribution in [1.29, 1.82) is 0 Å². The van der Waals surface area contributed by atoms with Crippen molar-refractivity contribution in [2.75, 3.05) is 18.1 Å². The molecule has 0 atom stereocenters. The van der Waals surface area contributed by atoms with Crippen LogP contribution in [0.1, 0.15) is 12.0 Å². The van der Waals surface area contributed by atoms with Crippen LogP contribution in [0.3, 0.4) is 0 Å². The number of nitrogens with one attached hydrogen (secondary N) is 1. The van der Waals surface area contributed by atoms with Crippen molar-refractivity contribution in [2.45, 2.75) is 13.0 Å². The molecular weight excluding hydrogens is 289 g/mol. The maximum Gasteiger partial charge on any atom is 0.118 e. The number of halogens is 1. The molecule has 14 heavy (non-hydrogen) atoms. The van der Waals surface area contributed by atoms with E-state index in [1.807, 2.05) is 12.1 Å². The molecule has 1 N–H and O–H groups in total. The third-order valence-corrected chi connectivity index (χ3v) is 2.74. The molecule has 0 bridgehead atoms. The van der Waals surface area contributed by atoms with Crippen LogP contribution in [-0.2, 0) is 6.54 Å². The van der Waals surface area contributed by atoms with Crippen molar-refractivity contribution < 1.29 is 4.74 Å². The summed E-state index contributed by atoms with van der Waals surface area (Å²) in [5, 5.41) is 3.39. The summed E-state index contributed by atoms with van der Waals surface area (Å²) in [6.45, 7) is 2.04. The number of rotatable bonds is 6. The molecule has 0 unspecified atom stereocenters. The van der Waals surface area contributed by atoms with Gasteiger partial charge >= 0.3 is 0 Å². The van der Waals surface area contributed by atoms with Crippen LogP contribution < -0.4 is 10.1 Å². The van der Waals surface area contributed by atoms with E-state index in [0.717, 1.165) is 18.8 Å². The smallest absolute Gasteiger partial charge is 0.118 e. The molecule has 0 spiro atoms. The highest BCUT2D eigenvalue weighted by Crippen LogP contribution is 2.10. The monoisotopic (exact) mass is 305 g/mol. The summed E-state index contributed by atoms with van der Waals surface area (Å²) < 4.78 is 6.31. The zero-order valence-electron chi connectivity index (χ0n) is 8.42. The maximum atomic E-state index is 5.09. The molecule has 2 nitrogen and oxygen atoms in total. The molecule has 0 aromatic heterocycles. The molecule has 1 aromatic carbocycles. The summed E-state index contributed by atoms with van der Waals surface area (Å²) in [6.07, 6.45) is 1.23. The molecule has 0 radical (unpaired) electrons. The van der Waals surface area contributed by atoms with Gasteiger partial charge in [-0.25, -0.2) is 0 Å². The molecule has 1 rings (SSSR count). The molecule has 0 amide bonds. The second kappa shape index (κ2) is 7.06. The van der Waals surface area contributed by atoms with Gasteiger partial charge in [0.2, 0.25) is 0 Å². The average Bonchev–Trinajstić information content (AvgIpc) is 2.25. The van der Waals surface area contributed by atoms with Gasteiger partial charge in [0.1, 0.15) is 5.75 Å². The van der Waals surface area contributed by atoms with E-state index in [9.17, 15) is 0 Å². The van der Waals surface area contributed by atoms with Gasteiger partial charge < -0.3 is 10.1 Å². The highest BCUT2D eigenvalue weighted by atomic mass is 127. The van der Waals surface area contributed by atoms with Crippen molar-refractivity contribution in [2.24, 2.45) is 0 Å². The maximum absolute atomic E-state index is 5.09. The Kier molecular flexibility index (Phi) is 5.94. The van der Waals surface area contributed by atoms with Gasteiger partial charge in [0, 0.05) is 11.0 Å². The van der Waals surface area contributed by atoms with Crippen molar-refractivity contribution >= 4 is 22.6 Å². The lowest BCUT2D eigenvalue weighted by Gasteiger charge is -2.04. The van der Waals surface area contributed by atoms with E-state index in [1.54, 1.807) is 7.11 Å². The number of alkyl halides is 1. The molecule has 0 saturated heterocycles. The van der Waals surface area contributed by atoms with Gasteiger partial charge in [-0.2, -0.15) is 0 Å². The molecule has 1 aromatic rings. The van der Waals surface area contributed by atoms with E-state index in [1.165, 1.54) is 16.4 Å². The summed E-state index contributed by atoms with van der Waals surface area (Å²) >= 11 is 2.39. The van der Waals surface area contributed by atoms with Crippen LogP contribution in [-0.4, -0.2) is 18.1 Å². The highest BCUT2D eigenvalue weighted by Gasteiger charge is 1.93. The van der Waals surface area contributed by atoms with E-state index >= 15 is 0 Å². The molecule has 0 aliphatic rings. The summed E-state index contributed by atoms with van der Waals surface area (Å²) in [7, 11) is 1.69. The first-order valence-corrected chi connectivity index (χ1v) is 6.29. The van der Waals surface area contributed by atoms with Crippen LogP contribution in [0.5, 0.6) is 5.75 Å². The highest BCUT2D eigenvalue weighted by molar-refractivity contribution is 14.1. The Hall–Kier alpha value is -0.290. The van der Waals surface area contributed by atoms with Gasteiger partial charge in [-0.3, -0.25) is 0 Å². The SMILES string of the molecule is COc1ccc(CNCCCI)cc1. The zero-order valence-corrected chi connectivity index (χ0v) is 10.6. The molecule has 3 heteroatoms. The van der Waals surface area contributed by atoms with E-state index in [2.05, 4.69) is 40.0 Å².